The number of amides is 1. The van der Waals surface area contributed by atoms with Crippen molar-refractivity contribution in [2.75, 3.05) is 19.6 Å². The van der Waals surface area contributed by atoms with Crippen molar-refractivity contribution < 1.29 is 4.79 Å². The van der Waals surface area contributed by atoms with Gasteiger partial charge in [0.15, 0.2) is 0 Å². The molecule has 23 heavy (non-hydrogen) atoms. The van der Waals surface area contributed by atoms with Crippen molar-refractivity contribution in [2.45, 2.75) is 33.2 Å². The normalized spacial score (nSPS) is 17.6. The van der Waals surface area contributed by atoms with Crippen LogP contribution in [-0.2, 0) is 17.8 Å². The highest BCUT2D eigenvalue weighted by Crippen LogP contribution is 2.19. The van der Waals surface area contributed by atoms with Gasteiger partial charge in [0.1, 0.15) is 0 Å². The maximum Gasteiger partial charge on any atom is 0.228 e. The van der Waals surface area contributed by atoms with Gasteiger partial charge in [0.25, 0.3) is 0 Å². The largest absolute Gasteiger partial charge is 0.337 e. The van der Waals surface area contributed by atoms with Crippen molar-refractivity contribution >= 4 is 28.6 Å². The van der Waals surface area contributed by atoms with E-state index in [-0.39, 0.29) is 5.91 Å². The number of hydrogen-bond acceptors (Lipinski definition) is 6. The van der Waals surface area contributed by atoms with Gasteiger partial charge < -0.3 is 10.2 Å². The van der Waals surface area contributed by atoms with Crippen molar-refractivity contribution in [1.82, 2.24) is 20.2 Å². The van der Waals surface area contributed by atoms with Crippen molar-refractivity contribution in [1.29, 1.82) is 0 Å². The first-order valence-electron chi connectivity index (χ1n) is 7.90. The van der Waals surface area contributed by atoms with Gasteiger partial charge in [-0.2, -0.15) is 0 Å². The second-order valence-electron chi connectivity index (χ2n) is 6.03. The molecule has 0 aromatic carbocycles. The molecule has 2 aromatic heterocycles. The molecule has 3 heterocycles. The lowest BCUT2D eigenvalue weighted by molar-refractivity contribution is -0.131. The number of carbonyl (C=O) groups is 1. The lowest BCUT2D eigenvalue weighted by Gasteiger charge is -2.25. The Morgan fingerprint density at radius 3 is 2.91 bits per heavy atom. The minimum Gasteiger partial charge on any atom is -0.337 e. The van der Waals surface area contributed by atoms with Crippen molar-refractivity contribution in [3.63, 3.8) is 0 Å². The van der Waals surface area contributed by atoms with E-state index in [4.69, 9.17) is 0 Å². The second kappa shape index (κ2) is 7.51. The summed E-state index contributed by atoms with van der Waals surface area (Å²) in [6.45, 7) is 7.51. The van der Waals surface area contributed by atoms with Gasteiger partial charge in [-0.25, -0.2) is 9.97 Å². The molecule has 124 valence electrons. The Hall–Kier alpha value is -1.31. The molecule has 0 radical (unpaired) electrons. The molecule has 1 unspecified atom stereocenters. The molecule has 1 fully saturated rings. The highest BCUT2D eigenvalue weighted by atomic mass is 32.1. The fraction of sp³-hybridized carbons (Fsp3) is 0.562. The van der Waals surface area contributed by atoms with Crippen LogP contribution < -0.4 is 5.32 Å². The molecule has 5 nitrogen and oxygen atoms in total. The van der Waals surface area contributed by atoms with Gasteiger partial charge >= 0.3 is 0 Å². The molecule has 1 saturated heterocycles. The number of hydrogen-bond donors (Lipinski definition) is 1. The molecule has 0 aliphatic carbocycles. The fourth-order valence-electron chi connectivity index (χ4n) is 2.84. The SMILES string of the molecule is Cc1nc(CC(=O)N(Cc2scnc2C)CC2CCNC2)cs1. The number of carbonyl (C=O) groups excluding carboxylic acids is 1. The second-order valence-corrected chi connectivity index (χ2v) is 8.03. The van der Waals surface area contributed by atoms with Crippen LogP contribution in [0.5, 0.6) is 0 Å². The monoisotopic (exact) mass is 350 g/mol. The fourth-order valence-corrected chi connectivity index (χ4v) is 4.25. The summed E-state index contributed by atoms with van der Waals surface area (Å²) in [4.78, 5) is 24.7. The van der Waals surface area contributed by atoms with Gasteiger partial charge in [0.05, 0.1) is 34.9 Å². The summed E-state index contributed by atoms with van der Waals surface area (Å²) in [6.07, 6.45) is 1.53. The molecule has 1 N–H and O–H groups in total. The van der Waals surface area contributed by atoms with Gasteiger partial charge in [-0.15, -0.1) is 22.7 Å². The number of thiazole rings is 2. The van der Waals surface area contributed by atoms with Crippen LogP contribution in [0.15, 0.2) is 10.9 Å². The van der Waals surface area contributed by atoms with Crippen LogP contribution in [-0.4, -0.2) is 40.4 Å². The summed E-state index contributed by atoms with van der Waals surface area (Å²) in [6, 6.07) is 0. The van der Waals surface area contributed by atoms with Crippen LogP contribution >= 0.6 is 22.7 Å². The van der Waals surface area contributed by atoms with E-state index in [2.05, 4.69) is 15.3 Å². The average molecular weight is 351 g/mol. The molecule has 3 rings (SSSR count). The van der Waals surface area contributed by atoms with E-state index in [0.717, 1.165) is 42.5 Å². The predicted molar refractivity (Wildman–Crippen MR) is 93.8 cm³/mol. The molecule has 1 atom stereocenters. The Labute approximate surface area is 144 Å². The molecule has 1 aliphatic heterocycles. The van der Waals surface area contributed by atoms with E-state index in [1.54, 1.807) is 22.7 Å². The molecule has 2 aromatic rings. The van der Waals surface area contributed by atoms with Crippen molar-refractivity contribution in [3.8, 4) is 0 Å². The summed E-state index contributed by atoms with van der Waals surface area (Å²) >= 11 is 3.23. The maximum absolute atomic E-state index is 12.8. The number of aryl methyl sites for hydroxylation is 2. The maximum atomic E-state index is 12.8. The van der Waals surface area contributed by atoms with E-state index in [1.807, 2.05) is 29.6 Å². The van der Waals surface area contributed by atoms with E-state index < -0.39 is 0 Å². The van der Waals surface area contributed by atoms with Gasteiger partial charge in [-0.3, -0.25) is 4.79 Å². The summed E-state index contributed by atoms with van der Waals surface area (Å²) in [7, 11) is 0. The lowest BCUT2D eigenvalue weighted by Crippen LogP contribution is -2.36. The molecule has 0 spiro atoms. The molecule has 0 saturated carbocycles. The van der Waals surface area contributed by atoms with Crippen LogP contribution in [0.4, 0.5) is 0 Å². The predicted octanol–water partition coefficient (Wildman–Crippen LogP) is 2.40. The molecule has 1 amide bonds. The van der Waals surface area contributed by atoms with Crippen molar-refractivity contribution in [3.05, 3.63) is 32.2 Å². The Bertz CT molecular complexity index is 661. The zero-order chi connectivity index (χ0) is 16.2. The van der Waals surface area contributed by atoms with Gasteiger partial charge in [-0.05, 0) is 39.3 Å². The first-order chi connectivity index (χ1) is 11.1. The summed E-state index contributed by atoms with van der Waals surface area (Å²) < 4.78 is 0. The topological polar surface area (TPSA) is 58.1 Å². The van der Waals surface area contributed by atoms with E-state index in [9.17, 15) is 4.79 Å². The zero-order valence-corrected chi connectivity index (χ0v) is 15.2. The Kier molecular flexibility index (Phi) is 5.40. The summed E-state index contributed by atoms with van der Waals surface area (Å²) in [5.41, 5.74) is 3.77. The molecular formula is C16H22N4OS2. The van der Waals surface area contributed by atoms with Gasteiger partial charge in [0, 0.05) is 16.8 Å². The molecule has 0 bridgehead atoms. The van der Waals surface area contributed by atoms with Crippen LogP contribution in [0, 0.1) is 19.8 Å². The highest BCUT2D eigenvalue weighted by molar-refractivity contribution is 7.09. The number of nitrogens with one attached hydrogen (secondary N) is 1. The third-order valence-corrected chi connectivity index (χ3v) is 5.91. The average Bonchev–Trinajstić information content (AvgIpc) is 3.23. The number of aromatic nitrogens is 2. The Morgan fingerprint density at radius 1 is 1.43 bits per heavy atom. The van der Waals surface area contributed by atoms with E-state index >= 15 is 0 Å². The van der Waals surface area contributed by atoms with E-state index in [0.29, 0.717) is 18.9 Å². The first kappa shape index (κ1) is 16.5. The third-order valence-electron chi connectivity index (χ3n) is 4.17. The minimum atomic E-state index is 0.162. The van der Waals surface area contributed by atoms with Crippen LogP contribution in [0.3, 0.4) is 0 Å². The molecular weight excluding hydrogens is 328 g/mol. The van der Waals surface area contributed by atoms with Gasteiger partial charge in [-0.1, -0.05) is 0 Å². The highest BCUT2D eigenvalue weighted by Gasteiger charge is 2.23. The Morgan fingerprint density at radius 2 is 2.30 bits per heavy atom. The minimum absolute atomic E-state index is 0.162. The third kappa shape index (κ3) is 4.37. The van der Waals surface area contributed by atoms with Gasteiger partial charge in [0.2, 0.25) is 5.91 Å². The lowest BCUT2D eigenvalue weighted by atomic mass is 10.1. The smallest absolute Gasteiger partial charge is 0.228 e. The van der Waals surface area contributed by atoms with Crippen LogP contribution in [0.2, 0.25) is 0 Å². The van der Waals surface area contributed by atoms with E-state index in [1.165, 1.54) is 4.88 Å². The standard InChI is InChI=1S/C16H22N4OS2/c1-11-15(23-10-18-11)8-20(7-13-3-4-17-6-13)16(21)5-14-9-22-12(2)19-14/h9-10,13,17H,3-8H2,1-2H3. The molecule has 7 heteroatoms. The van der Waals surface area contributed by atoms with Crippen LogP contribution in [0.25, 0.3) is 0 Å². The summed E-state index contributed by atoms with van der Waals surface area (Å²) in [5.74, 6) is 0.708. The zero-order valence-electron chi connectivity index (χ0n) is 13.5. The van der Waals surface area contributed by atoms with Crippen LogP contribution in [0.1, 0.15) is 27.7 Å². The first-order valence-corrected chi connectivity index (χ1v) is 9.66. The number of rotatable bonds is 6. The quantitative estimate of drug-likeness (QED) is 0.869. The molecule has 1 aliphatic rings. The summed E-state index contributed by atoms with van der Waals surface area (Å²) in [5, 5.41) is 6.38. The number of nitrogens with zero attached hydrogens (tertiary/aromatic N) is 3. The van der Waals surface area contributed by atoms with Crippen molar-refractivity contribution in [2.24, 2.45) is 5.92 Å². The Balaban J connectivity index is 1.70.